The molecule has 8 heteroatoms. The molecule has 0 bridgehead atoms. The van der Waals surface area contributed by atoms with Gasteiger partial charge in [0.15, 0.2) is 0 Å². The first-order valence-electron chi connectivity index (χ1n) is 7.50. The molecule has 8 nitrogen and oxygen atoms in total. The van der Waals surface area contributed by atoms with E-state index in [1.54, 1.807) is 41.5 Å². The number of hydrogen-bond acceptors (Lipinski definition) is 5. The van der Waals surface area contributed by atoms with Crippen LogP contribution in [0, 0.1) is 0 Å². The minimum absolute atomic E-state index is 0.0606. The Labute approximate surface area is 136 Å². The molecule has 1 unspecified atom stereocenters. The Balaban J connectivity index is 2.73. The molecule has 0 radical (unpaired) electrons. The van der Waals surface area contributed by atoms with Crippen LogP contribution in [0.25, 0.3) is 0 Å². The zero-order valence-corrected chi connectivity index (χ0v) is 14.5. The van der Waals surface area contributed by atoms with Crippen molar-refractivity contribution in [3.63, 3.8) is 0 Å². The predicted octanol–water partition coefficient (Wildman–Crippen LogP) is 1.97. The van der Waals surface area contributed by atoms with E-state index in [9.17, 15) is 19.5 Å². The van der Waals surface area contributed by atoms with E-state index in [0.717, 1.165) is 4.90 Å². The normalized spacial score (nSPS) is 21.7. The molecule has 132 valence electrons. The molecule has 0 aromatic carbocycles. The minimum Gasteiger partial charge on any atom is -0.480 e. The average molecular weight is 330 g/mol. The van der Waals surface area contributed by atoms with Gasteiger partial charge in [-0.1, -0.05) is 0 Å². The van der Waals surface area contributed by atoms with Gasteiger partial charge in [0.05, 0.1) is 6.04 Å². The lowest BCUT2D eigenvalue weighted by molar-refractivity contribution is -0.142. The summed E-state index contributed by atoms with van der Waals surface area (Å²) in [5, 5.41) is 11.9. The van der Waals surface area contributed by atoms with Gasteiger partial charge >= 0.3 is 18.2 Å². The van der Waals surface area contributed by atoms with Crippen molar-refractivity contribution >= 4 is 18.2 Å². The molecule has 1 heterocycles. The first-order chi connectivity index (χ1) is 10.3. The molecule has 0 aromatic rings. The van der Waals surface area contributed by atoms with Gasteiger partial charge in [0.2, 0.25) is 0 Å². The van der Waals surface area contributed by atoms with E-state index in [1.165, 1.54) is 0 Å². The standard InChI is InChI=1S/C15H26N2O6/c1-14(2,3)22-12(20)16-9-7-10(11(18)19)17(8-9)13(21)23-15(4,5)6/h9-10H,7-8H2,1-6H3,(H,16,20)(H,18,19)/t9-,10?/m0/s1. The lowest BCUT2D eigenvalue weighted by Crippen LogP contribution is -2.44. The van der Waals surface area contributed by atoms with Gasteiger partial charge < -0.3 is 19.9 Å². The number of carboxylic acid groups (broad SMARTS) is 1. The number of nitrogens with one attached hydrogen (secondary N) is 1. The summed E-state index contributed by atoms with van der Waals surface area (Å²) in [6.07, 6.45) is -1.25. The number of alkyl carbamates (subject to hydrolysis) is 1. The summed E-state index contributed by atoms with van der Waals surface area (Å²) in [6, 6.07) is -1.54. The van der Waals surface area contributed by atoms with Crippen molar-refractivity contribution in [1.82, 2.24) is 10.2 Å². The second-order valence-corrected chi connectivity index (χ2v) is 7.57. The third kappa shape index (κ3) is 6.33. The van der Waals surface area contributed by atoms with E-state index in [4.69, 9.17) is 9.47 Å². The fraction of sp³-hybridized carbons (Fsp3) is 0.800. The summed E-state index contributed by atoms with van der Waals surface area (Å²) in [7, 11) is 0. The van der Waals surface area contributed by atoms with Gasteiger partial charge in [0, 0.05) is 13.0 Å². The number of amides is 2. The first-order valence-corrected chi connectivity index (χ1v) is 7.50. The van der Waals surface area contributed by atoms with Gasteiger partial charge in [-0.2, -0.15) is 0 Å². The van der Waals surface area contributed by atoms with Crippen LogP contribution in [0.2, 0.25) is 0 Å². The highest BCUT2D eigenvalue weighted by Gasteiger charge is 2.42. The number of ether oxygens (including phenoxy) is 2. The van der Waals surface area contributed by atoms with Crippen molar-refractivity contribution in [2.75, 3.05) is 6.54 Å². The molecule has 2 N–H and O–H groups in total. The minimum atomic E-state index is -1.13. The number of nitrogens with zero attached hydrogens (tertiary/aromatic N) is 1. The maximum atomic E-state index is 12.1. The van der Waals surface area contributed by atoms with Crippen molar-refractivity contribution in [1.29, 1.82) is 0 Å². The lowest BCUT2D eigenvalue weighted by atomic mass is 10.2. The van der Waals surface area contributed by atoms with Gasteiger partial charge in [0.25, 0.3) is 0 Å². The van der Waals surface area contributed by atoms with E-state index in [2.05, 4.69) is 5.32 Å². The Morgan fingerprint density at radius 2 is 1.57 bits per heavy atom. The summed E-state index contributed by atoms with van der Waals surface area (Å²) >= 11 is 0. The van der Waals surface area contributed by atoms with Gasteiger partial charge in [0.1, 0.15) is 17.2 Å². The molecule has 23 heavy (non-hydrogen) atoms. The van der Waals surface area contributed by atoms with Gasteiger partial charge in [-0.05, 0) is 41.5 Å². The SMILES string of the molecule is CC(C)(C)OC(=O)N[C@H]1CC(C(=O)O)N(C(=O)OC(C)(C)C)C1. The van der Waals surface area contributed by atoms with E-state index in [-0.39, 0.29) is 13.0 Å². The van der Waals surface area contributed by atoms with Crippen molar-refractivity contribution in [2.45, 2.75) is 71.2 Å². The van der Waals surface area contributed by atoms with Crippen LogP contribution in [-0.2, 0) is 14.3 Å². The van der Waals surface area contributed by atoms with E-state index in [1.807, 2.05) is 0 Å². The second kappa shape index (κ2) is 6.64. The lowest BCUT2D eigenvalue weighted by Gasteiger charge is -2.26. The summed E-state index contributed by atoms with van der Waals surface area (Å²) in [5.41, 5.74) is -1.38. The van der Waals surface area contributed by atoms with Crippen molar-refractivity contribution < 1.29 is 29.0 Å². The average Bonchev–Trinajstić information content (AvgIpc) is 2.67. The highest BCUT2D eigenvalue weighted by atomic mass is 16.6. The Morgan fingerprint density at radius 1 is 1.04 bits per heavy atom. The highest BCUT2D eigenvalue weighted by molar-refractivity contribution is 5.81. The number of aliphatic carboxylic acids is 1. The zero-order chi connectivity index (χ0) is 18.0. The smallest absolute Gasteiger partial charge is 0.411 e. The van der Waals surface area contributed by atoms with Gasteiger partial charge in [-0.25, -0.2) is 14.4 Å². The molecule has 1 fully saturated rings. The maximum absolute atomic E-state index is 12.1. The molecule has 1 aliphatic rings. The van der Waals surface area contributed by atoms with Crippen LogP contribution in [-0.4, -0.2) is 58.0 Å². The van der Waals surface area contributed by atoms with E-state index >= 15 is 0 Å². The monoisotopic (exact) mass is 330 g/mol. The molecule has 0 spiro atoms. The molecule has 2 atom stereocenters. The molecular formula is C15H26N2O6. The molecule has 1 rings (SSSR count). The van der Waals surface area contributed by atoms with Crippen LogP contribution in [0.4, 0.5) is 9.59 Å². The Bertz CT molecular complexity index is 477. The van der Waals surface area contributed by atoms with E-state index < -0.39 is 41.4 Å². The Morgan fingerprint density at radius 3 is 2.00 bits per heavy atom. The highest BCUT2D eigenvalue weighted by Crippen LogP contribution is 2.22. The molecular weight excluding hydrogens is 304 g/mol. The number of carbonyl (C=O) groups is 3. The zero-order valence-electron chi connectivity index (χ0n) is 14.5. The number of hydrogen-bond donors (Lipinski definition) is 2. The summed E-state index contributed by atoms with van der Waals surface area (Å²) in [5.74, 6) is -1.13. The number of carboxylic acids is 1. The molecule has 1 saturated heterocycles. The fourth-order valence-corrected chi connectivity index (χ4v) is 2.17. The number of likely N-dealkylation sites (tertiary alicyclic amines) is 1. The van der Waals surface area contributed by atoms with Gasteiger partial charge in [-0.3, -0.25) is 4.90 Å². The predicted molar refractivity (Wildman–Crippen MR) is 82.1 cm³/mol. The maximum Gasteiger partial charge on any atom is 0.411 e. The quantitative estimate of drug-likeness (QED) is 0.802. The van der Waals surface area contributed by atoms with Crippen LogP contribution < -0.4 is 5.32 Å². The van der Waals surface area contributed by atoms with Crippen molar-refractivity contribution in [3.05, 3.63) is 0 Å². The Hall–Kier alpha value is -1.99. The Kier molecular flexibility index (Phi) is 5.50. The third-order valence-corrected chi connectivity index (χ3v) is 2.94. The first kappa shape index (κ1) is 19.1. The van der Waals surface area contributed by atoms with Crippen LogP contribution in [0.15, 0.2) is 0 Å². The topological polar surface area (TPSA) is 105 Å². The molecule has 0 aromatic heterocycles. The van der Waals surface area contributed by atoms with Crippen LogP contribution >= 0.6 is 0 Å². The number of carbonyl (C=O) groups excluding carboxylic acids is 2. The summed E-state index contributed by atoms with van der Waals surface area (Å²) in [6.45, 7) is 10.4. The van der Waals surface area contributed by atoms with Gasteiger partial charge in [-0.15, -0.1) is 0 Å². The molecule has 2 amide bonds. The fourth-order valence-electron chi connectivity index (χ4n) is 2.17. The van der Waals surface area contributed by atoms with Crippen molar-refractivity contribution in [2.24, 2.45) is 0 Å². The third-order valence-electron chi connectivity index (χ3n) is 2.94. The molecule has 1 aliphatic heterocycles. The molecule has 0 saturated carbocycles. The second-order valence-electron chi connectivity index (χ2n) is 7.57. The van der Waals surface area contributed by atoms with Crippen LogP contribution in [0.5, 0.6) is 0 Å². The summed E-state index contributed by atoms with van der Waals surface area (Å²) in [4.78, 5) is 36.4. The van der Waals surface area contributed by atoms with Crippen LogP contribution in [0.3, 0.4) is 0 Å². The van der Waals surface area contributed by atoms with E-state index in [0.29, 0.717) is 0 Å². The summed E-state index contributed by atoms with van der Waals surface area (Å²) < 4.78 is 10.4. The number of rotatable bonds is 2. The van der Waals surface area contributed by atoms with Crippen molar-refractivity contribution in [3.8, 4) is 0 Å². The molecule has 0 aliphatic carbocycles. The largest absolute Gasteiger partial charge is 0.480 e. The van der Waals surface area contributed by atoms with Crippen LogP contribution in [0.1, 0.15) is 48.0 Å².